The molecule has 4 rings (SSSR count). The Labute approximate surface area is 168 Å². The van der Waals surface area contributed by atoms with E-state index in [0.29, 0.717) is 22.6 Å². The Bertz CT molecular complexity index is 1030. The smallest absolute Gasteiger partial charge is 0.337 e. The predicted octanol–water partition coefficient (Wildman–Crippen LogP) is 2.83. The summed E-state index contributed by atoms with van der Waals surface area (Å²) in [5.41, 5.74) is 9.17. The average Bonchev–Trinajstić information content (AvgIpc) is 3.18. The van der Waals surface area contributed by atoms with E-state index in [2.05, 4.69) is 14.9 Å². The number of nitrogens with one attached hydrogen (secondary N) is 1. The summed E-state index contributed by atoms with van der Waals surface area (Å²) in [6.45, 7) is 2.77. The van der Waals surface area contributed by atoms with E-state index >= 15 is 0 Å². The fourth-order valence-corrected chi connectivity index (χ4v) is 3.93. The molecule has 3 N–H and O–H groups in total. The lowest BCUT2D eigenvalue weighted by Crippen LogP contribution is -2.32. The normalized spacial score (nSPS) is 15.5. The van der Waals surface area contributed by atoms with Crippen molar-refractivity contribution in [2.75, 3.05) is 20.2 Å². The van der Waals surface area contributed by atoms with Gasteiger partial charge in [-0.25, -0.2) is 9.78 Å². The molecule has 0 aliphatic carbocycles. The first kappa shape index (κ1) is 19.1. The second-order valence-electron chi connectivity index (χ2n) is 7.43. The number of para-hydroxylation sites is 1. The van der Waals surface area contributed by atoms with Crippen molar-refractivity contribution in [2.45, 2.75) is 25.3 Å². The minimum absolute atomic E-state index is 0.317. The summed E-state index contributed by atoms with van der Waals surface area (Å²) in [6, 6.07) is 13.0. The number of carbonyl (C=O) groups is 2. The number of likely N-dealkylation sites (tertiary alicyclic amines) is 1. The van der Waals surface area contributed by atoms with Crippen molar-refractivity contribution >= 4 is 22.9 Å². The molecule has 1 amide bonds. The number of hydrogen-bond donors (Lipinski definition) is 2. The second-order valence-corrected chi connectivity index (χ2v) is 7.43. The monoisotopic (exact) mass is 392 g/mol. The van der Waals surface area contributed by atoms with Crippen LogP contribution in [-0.4, -0.2) is 46.9 Å². The number of rotatable bonds is 5. The summed E-state index contributed by atoms with van der Waals surface area (Å²) < 4.78 is 4.74. The first-order valence-corrected chi connectivity index (χ1v) is 9.73. The number of aromatic amines is 1. The number of piperidine rings is 1. The maximum Gasteiger partial charge on any atom is 0.337 e. The number of carbonyl (C=O) groups excluding carboxylic acids is 2. The number of primary amides is 1. The van der Waals surface area contributed by atoms with Gasteiger partial charge in [0.25, 0.3) is 5.91 Å². The van der Waals surface area contributed by atoms with Crippen molar-refractivity contribution < 1.29 is 14.3 Å². The van der Waals surface area contributed by atoms with Gasteiger partial charge in [-0.15, -0.1) is 0 Å². The van der Waals surface area contributed by atoms with E-state index in [1.807, 2.05) is 24.3 Å². The molecule has 29 heavy (non-hydrogen) atoms. The standard InChI is InChI=1S/C22H24N4O3/c1-29-22(28)16-7-5-14(6-8-16)13-26-11-9-15(10-12-26)21-24-18-4-2-3-17(20(23)27)19(18)25-21/h2-8,15H,9-13H2,1H3,(H2,23,27)(H,24,25). The highest BCUT2D eigenvalue weighted by Gasteiger charge is 2.24. The molecular formula is C22H24N4O3. The summed E-state index contributed by atoms with van der Waals surface area (Å²) >= 11 is 0. The molecule has 0 atom stereocenters. The molecule has 7 heteroatoms. The Morgan fingerprint density at radius 1 is 1.17 bits per heavy atom. The van der Waals surface area contributed by atoms with Crippen molar-refractivity contribution in [3.63, 3.8) is 0 Å². The predicted molar refractivity (Wildman–Crippen MR) is 110 cm³/mol. The maximum atomic E-state index is 11.6. The van der Waals surface area contributed by atoms with E-state index in [9.17, 15) is 9.59 Å². The lowest BCUT2D eigenvalue weighted by Gasteiger charge is -2.31. The lowest BCUT2D eigenvalue weighted by atomic mass is 9.96. The summed E-state index contributed by atoms with van der Waals surface area (Å²) in [6.07, 6.45) is 1.98. The van der Waals surface area contributed by atoms with Crippen molar-refractivity contribution in [1.82, 2.24) is 14.9 Å². The number of nitrogens with two attached hydrogens (primary N) is 1. The van der Waals surface area contributed by atoms with Gasteiger partial charge < -0.3 is 15.5 Å². The van der Waals surface area contributed by atoms with Gasteiger partial charge in [-0.2, -0.15) is 0 Å². The van der Waals surface area contributed by atoms with Gasteiger partial charge in [-0.05, 0) is 55.8 Å². The number of ether oxygens (including phenoxy) is 1. The summed E-state index contributed by atoms with van der Waals surface area (Å²) in [7, 11) is 1.39. The molecule has 1 saturated heterocycles. The lowest BCUT2D eigenvalue weighted by molar-refractivity contribution is 0.0600. The number of amides is 1. The summed E-state index contributed by atoms with van der Waals surface area (Å²) in [5.74, 6) is 0.487. The molecule has 2 aromatic carbocycles. The van der Waals surface area contributed by atoms with E-state index in [1.54, 1.807) is 18.2 Å². The minimum atomic E-state index is -0.457. The van der Waals surface area contributed by atoms with Gasteiger partial charge in [0.2, 0.25) is 0 Å². The molecule has 2 heterocycles. The molecule has 0 spiro atoms. The molecule has 150 valence electrons. The molecule has 1 aliphatic rings. The van der Waals surface area contributed by atoms with Gasteiger partial charge in [0.1, 0.15) is 11.3 Å². The topological polar surface area (TPSA) is 101 Å². The fraction of sp³-hybridized carbons (Fsp3) is 0.318. The van der Waals surface area contributed by atoms with Crippen LogP contribution in [0.4, 0.5) is 0 Å². The number of imidazole rings is 1. The SMILES string of the molecule is COC(=O)c1ccc(CN2CCC(c3nc4c(C(N)=O)cccc4[nH]3)CC2)cc1. The molecule has 0 radical (unpaired) electrons. The molecule has 7 nitrogen and oxygen atoms in total. The van der Waals surface area contributed by atoms with Gasteiger partial charge in [0, 0.05) is 12.5 Å². The van der Waals surface area contributed by atoms with Crippen molar-refractivity contribution in [2.24, 2.45) is 5.73 Å². The van der Waals surface area contributed by atoms with E-state index < -0.39 is 5.91 Å². The van der Waals surface area contributed by atoms with Crippen LogP contribution in [0, 0.1) is 0 Å². The van der Waals surface area contributed by atoms with E-state index in [1.165, 1.54) is 12.7 Å². The van der Waals surface area contributed by atoms with Crippen molar-refractivity contribution in [1.29, 1.82) is 0 Å². The minimum Gasteiger partial charge on any atom is -0.465 e. The summed E-state index contributed by atoms with van der Waals surface area (Å²) in [4.78, 5) is 33.6. The third-order valence-electron chi connectivity index (χ3n) is 5.55. The first-order valence-electron chi connectivity index (χ1n) is 9.73. The molecule has 0 unspecified atom stereocenters. The van der Waals surface area contributed by atoms with Crippen LogP contribution in [0.25, 0.3) is 11.0 Å². The second kappa shape index (κ2) is 8.05. The highest BCUT2D eigenvalue weighted by molar-refractivity contribution is 6.04. The van der Waals surface area contributed by atoms with Crippen LogP contribution in [0.15, 0.2) is 42.5 Å². The zero-order valence-electron chi connectivity index (χ0n) is 16.4. The van der Waals surface area contributed by atoms with Gasteiger partial charge in [-0.1, -0.05) is 18.2 Å². The van der Waals surface area contributed by atoms with Crippen LogP contribution in [-0.2, 0) is 11.3 Å². The highest BCUT2D eigenvalue weighted by atomic mass is 16.5. The fourth-order valence-electron chi connectivity index (χ4n) is 3.93. The number of esters is 1. The summed E-state index contributed by atoms with van der Waals surface area (Å²) in [5, 5.41) is 0. The molecule has 0 saturated carbocycles. The average molecular weight is 392 g/mol. The number of benzene rings is 2. The number of hydrogen-bond acceptors (Lipinski definition) is 5. The van der Waals surface area contributed by atoms with E-state index in [0.717, 1.165) is 43.8 Å². The maximum absolute atomic E-state index is 11.6. The Balaban J connectivity index is 1.39. The van der Waals surface area contributed by atoms with Gasteiger partial charge in [0.15, 0.2) is 0 Å². The molecule has 1 fully saturated rings. The van der Waals surface area contributed by atoms with Crippen molar-refractivity contribution in [3.8, 4) is 0 Å². The van der Waals surface area contributed by atoms with Crippen LogP contribution in [0.3, 0.4) is 0 Å². The Morgan fingerprint density at radius 3 is 2.55 bits per heavy atom. The Hall–Kier alpha value is -3.19. The van der Waals surface area contributed by atoms with Gasteiger partial charge in [-0.3, -0.25) is 9.69 Å². The van der Waals surface area contributed by atoms with Crippen LogP contribution in [0.5, 0.6) is 0 Å². The van der Waals surface area contributed by atoms with Gasteiger partial charge >= 0.3 is 5.97 Å². The molecule has 1 aliphatic heterocycles. The van der Waals surface area contributed by atoms with Gasteiger partial charge in [0.05, 0.1) is 23.8 Å². The van der Waals surface area contributed by atoms with Crippen molar-refractivity contribution in [3.05, 3.63) is 65.0 Å². The van der Waals surface area contributed by atoms with Crippen LogP contribution in [0.2, 0.25) is 0 Å². The third kappa shape index (κ3) is 4.00. The number of methoxy groups -OCH3 is 1. The highest BCUT2D eigenvalue weighted by Crippen LogP contribution is 2.29. The van der Waals surface area contributed by atoms with E-state index in [-0.39, 0.29) is 5.97 Å². The molecule has 0 bridgehead atoms. The molecular weight excluding hydrogens is 368 g/mol. The zero-order valence-corrected chi connectivity index (χ0v) is 16.4. The number of aromatic nitrogens is 2. The quantitative estimate of drug-likeness (QED) is 0.650. The largest absolute Gasteiger partial charge is 0.465 e. The van der Waals surface area contributed by atoms with Crippen LogP contribution >= 0.6 is 0 Å². The van der Waals surface area contributed by atoms with Crippen LogP contribution in [0.1, 0.15) is 50.9 Å². The van der Waals surface area contributed by atoms with E-state index in [4.69, 9.17) is 10.5 Å². The molecule has 3 aromatic rings. The molecule has 1 aromatic heterocycles. The Morgan fingerprint density at radius 2 is 1.90 bits per heavy atom. The number of H-pyrrole nitrogens is 1. The van der Waals surface area contributed by atoms with Crippen LogP contribution < -0.4 is 5.73 Å². The first-order chi connectivity index (χ1) is 14.0. The zero-order chi connectivity index (χ0) is 20.4. The number of fused-ring (bicyclic) bond motifs is 1. The Kier molecular flexibility index (Phi) is 5.31. The number of nitrogens with zero attached hydrogens (tertiary/aromatic N) is 2. The third-order valence-corrected chi connectivity index (χ3v) is 5.55.